The van der Waals surface area contributed by atoms with Gasteiger partial charge in [-0.2, -0.15) is 0 Å². The van der Waals surface area contributed by atoms with Crippen LogP contribution in [-0.2, 0) is 4.74 Å². The number of phenols is 1. The third-order valence-electron chi connectivity index (χ3n) is 2.39. The molecule has 94 valence electrons. The molecular formula is C13H19NO3. The van der Waals surface area contributed by atoms with Gasteiger partial charge in [0.2, 0.25) is 0 Å². The molecule has 0 radical (unpaired) electrons. The number of carbonyl (C=O) groups is 1. The molecule has 2 N–H and O–H groups in total. The summed E-state index contributed by atoms with van der Waals surface area (Å²) in [6, 6.07) is 3.20. The molecular weight excluding hydrogens is 218 g/mol. The molecule has 0 aliphatic carbocycles. The van der Waals surface area contributed by atoms with Crippen LogP contribution in [0.1, 0.15) is 31.9 Å². The van der Waals surface area contributed by atoms with Crippen molar-refractivity contribution in [1.82, 2.24) is 0 Å². The zero-order chi connectivity index (χ0) is 13.2. The number of phenolic OH excluding ortho intramolecular Hbond substituents is 1. The summed E-state index contributed by atoms with van der Waals surface area (Å²) in [6.07, 6.45) is -0.495. The van der Waals surface area contributed by atoms with Gasteiger partial charge in [-0.15, -0.1) is 0 Å². The molecule has 0 atom stereocenters. The maximum Gasteiger partial charge on any atom is 0.412 e. The first-order valence-corrected chi connectivity index (χ1v) is 5.50. The summed E-state index contributed by atoms with van der Waals surface area (Å²) < 4.78 is 5.15. The predicted molar refractivity (Wildman–Crippen MR) is 67.4 cm³/mol. The molecule has 1 aromatic rings. The number of rotatable bonds is 1. The van der Waals surface area contributed by atoms with E-state index in [9.17, 15) is 9.90 Å². The second kappa shape index (κ2) is 4.65. The first-order chi connectivity index (χ1) is 7.70. The Morgan fingerprint density at radius 2 is 1.82 bits per heavy atom. The third kappa shape index (κ3) is 3.66. The minimum atomic E-state index is -0.524. The first-order valence-electron chi connectivity index (χ1n) is 5.50. The molecule has 0 bridgehead atoms. The molecule has 0 aromatic heterocycles. The van der Waals surface area contributed by atoms with E-state index < -0.39 is 11.7 Å². The lowest BCUT2D eigenvalue weighted by atomic mass is 10.1. The molecule has 0 fully saturated rings. The summed E-state index contributed by atoms with van der Waals surface area (Å²) in [6.45, 7) is 9.05. The molecule has 0 heterocycles. The van der Waals surface area contributed by atoms with E-state index in [1.807, 2.05) is 27.7 Å². The molecule has 0 aliphatic heterocycles. The van der Waals surface area contributed by atoms with E-state index in [1.54, 1.807) is 19.1 Å². The number of hydrogen-bond donors (Lipinski definition) is 2. The highest BCUT2D eigenvalue weighted by atomic mass is 16.6. The van der Waals surface area contributed by atoms with Crippen molar-refractivity contribution in [2.75, 3.05) is 5.32 Å². The number of benzene rings is 1. The Balaban J connectivity index is 2.83. The second-order valence-corrected chi connectivity index (χ2v) is 5.01. The molecule has 4 heteroatoms. The van der Waals surface area contributed by atoms with Gasteiger partial charge in [-0.1, -0.05) is 0 Å². The van der Waals surface area contributed by atoms with E-state index >= 15 is 0 Å². The maximum absolute atomic E-state index is 11.6. The van der Waals surface area contributed by atoms with Crippen molar-refractivity contribution in [2.45, 2.75) is 40.2 Å². The fourth-order valence-electron chi connectivity index (χ4n) is 1.36. The van der Waals surface area contributed by atoms with Crippen molar-refractivity contribution in [3.05, 3.63) is 23.3 Å². The summed E-state index contributed by atoms with van der Waals surface area (Å²) in [5.74, 6) is 0.220. The zero-order valence-corrected chi connectivity index (χ0v) is 10.9. The monoisotopic (exact) mass is 237 g/mol. The third-order valence-corrected chi connectivity index (χ3v) is 2.39. The SMILES string of the molecule is Cc1c(O)ccc(NC(=O)OC(C)(C)C)c1C. The van der Waals surface area contributed by atoms with Crippen LogP contribution in [0.25, 0.3) is 0 Å². The topological polar surface area (TPSA) is 58.6 Å². The number of nitrogens with one attached hydrogen (secondary N) is 1. The van der Waals surface area contributed by atoms with Crippen molar-refractivity contribution >= 4 is 11.8 Å². The Morgan fingerprint density at radius 1 is 1.24 bits per heavy atom. The molecule has 17 heavy (non-hydrogen) atoms. The van der Waals surface area contributed by atoms with Gasteiger partial charge >= 0.3 is 6.09 Å². The van der Waals surface area contributed by atoms with E-state index in [-0.39, 0.29) is 5.75 Å². The van der Waals surface area contributed by atoms with Gasteiger partial charge in [0.25, 0.3) is 0 Å². The van der Waals surface area contributed by atoms with Crippen molar-refractivity contribution in [3.8, 4) is 5.75 Å². The predicted octanol–water partition coefficient (Wildman–Crippen LogP) is 3.36. The first kappa shape index (κ1) is 13.4. The van der Waals surface area contributed by atoms with Crippen molar-refractivity contribution < 1.29 is 14.6 Å². The maximum atomic E-state index is 11.6. The minimum absolute atomic E-state index is 0.220. The summed E-state index contributed by atoms with van der Waals surface area (Å²) in [5, 5.41) is 12.2. The van der Waals surface area contributed by atoms with Crippen LogP contribution in [0, 0.1) is 13.8 Å². The summed E-state index contributed by atoms with van der Waals surface area (Å²) >= 11 is 0. The van der Waals surface area contributed by atoms with Gasteiger partial charge in [-0.05, 0) is 57.9 Å². The number of carbonyl (C=O) groups excluding carboxylic acids is 1. The van der Waals surface area contributed by atoms with Gasteiger partial charge in [-0.3, -0.25) is 5.32 Å². The average molecular weight is 237 g/mol. The Bertz CT molecular complexity index is 433. The van der Waals surface area contributed by atoms with Crippen LogP contribution in [0.4, 0.5) is 10.5 Å². The van der Waals surface area contributed by atoms with Crippen LogP contribution < -0.4 is 5.32 Å². The van der Waals surface area contributed by atoms with Crippen LogP contribution in [0.5, 0.6) is 5.75 Å². The molecule has 1 rings (SSSR count). The lowest BCUT2D eigenvalue weighted by Crippen LogP contribution is -2.27. The average Bonchev–Trinajstić information content (AvgIpc) is 2.16. The Kier molecular flexibility index (Phi) is 3.66. The number of ether oxygens (including phenoxy) is 1. The van der Waals surface area contributed by atoms with Gasteiger partial charge in [0.05, 0.1) is 0 Å². The largest absolute Gasteiger partial charge is 0.508 e. The lowest BCUT2D eigenvalue weighted by Gasteiger charge is -2.20. The number of amides is 1. The molecule has 1 amide bonds. The van der Waals surface area contributed by atoms with E-state index in [2.05, 4.69) is 5.32 Å². The Labute approximate surface area is 102 Å². The van der Waals surface area contributed by atoms with Gasteiger partial charge in [0.1, 0.15) is 11.4 Å². The Morgan fingerprint density at radius 3 is 2.35 bits per heavy atom. The molecule has 1 aromatic carbocycles. The van der Waals surface area contributed by atoms with E-state index in [0.717, 1.165) is 11.1 Å². The molecule has 0 spiro atoms. The van der Waals surface area contributed by atoms with Gasteiger partial charge < -0.3 is 9.84 Å². The van der Waals surface area contributed by atoms with E-state index in [0.29, 0.717) is 5.69 Å². The molecule has 0 saturated heterocycles. The lowest BCUT2D eigenvalue weighted by molar-refractivity contribution is 0.0636. The number of aromatic hydroxyl groups is 1. The highest BCUT2D eigenvalue weighted by Gasteiger charge is 2.17. The normalized spacial score (nSPS) is 11.1. The van der Waals surface area contributed by atoms with Gasteiger partial charge in [0.15, 0.2) is 0 Å². The van der Waals surface area contributed by atoms with Crippen molar-refractivity contribution in [3.63, 3.8) is 0 Å². The second-order valence-electron chi connectivity index (χ2n) is 5.01. The van der Waals surface area contributed by atoms with Gasteiger partial charge in [-0.25, -0.2) is 4.79 Å². The fraction of sp³-hybridized carbons (Fsp3) is 0.462. The minimum Gasteiger partial charge on any atom is -0.508 e. The van der Waals surface area contributed by atoms with E-state index in [4.69, 9.17) is 4.74 Å². The fourth-order valence-corrected chi connectivity index (χ4v) is 1.36. The molecule has 0 saturated carbocycles. The number of anilines is 1. The molecule has 4 nitrogen and oxygen atoms in total. The summed E-state index contributed by atoms with van der Waals surface area (Å²) in [4.78, 5) is 11.6. The van der Waals surface area contributed by atoms with Crippen molar-refractivity contribution in [1.29, 1.82) is 0 Å². The van der Waals surface area contributed by atoms with Crippen LogP contribution in [0.3, 0.4) is 0 Å². The highest BCUT2D eigenvalue weighted by Crippen LogP contribution is 2.26. The standard InChI is InChI=1S/C13H19NO3/c1-8-9(2)11(15)7-6-10(8)14-12(16)17-13(3,4)5/h6-7,15H,1-5H3,(H,14,16). The summed E-state index contributed by atoms with van der Waals surface area (Å²) in [5.41, 5.74) is 1.70. The quantitative estimate of drug-likeness (QED) is 0.736. The molecule has 0 aliphatic rings. The zero-order valence-electron chi connectivity index (χ0n) is 10.9. The summed E-state index contributed by atoms with van der Waals surface area (Å²) in [7, 11) is 0. The van der Waals surface area contributed by atoms with Crippen LogP contribution in [-0.4, -0.2) is 16.8 Å². The van der Waals surface area contributed by atoms with E-state index in [1.165, 1.54) is 0 Å². The van der Waals surface area contributed by atoms with Crippen molar-refractivity contribution in [2.24, 2.45) is 0 Å². The van der Waals surface area contributed by atoms with Gasteiger partial charge in [0, 0.05) is 5.69 Å². The highest BCUT2D eigenvalue weighted by molar-refractivity contribution is 5.86. The van der Waals surface area contributed by atoms with Crippen LogP contribution in [0.15, 0.2) is 12.1 Å². The van der Waals surface area contributed by atoms with Crippen LogP contribution >= 0.6 is 0 Å². The van der Waals surface area contributed by atoms with Crippen LogP contribution in [0.2, 0.25) is 0 Å². The molecule has 0 unspecified atom stereocenters. The number of hydrogen-bond acceptors (Lipinski definition) is 3. The smallest absolute Gasteiger partial charge is 0.412 e. The Hall–Kier alpha value is -1.71.